The van der Waals surface area contributed by atoms with Crippen LogP contribution in [0.3, 0.4) is 0 Å². The van der Waals surface area contributed by atoms with Gasteiger partial charge in [0.1, 0.15) is 0 Å². The first-order valence-corrected chi connectivity index (χ1v) is 4.00. The van der Waals surface area contributed by atoms with Gasteiger partial charge in [0.2, 0.25) is 12.2 Å². The van der Waals surface area contributed by atoms with Crippen LogP contribution in [0.2, 0.25) is 0 Å². The molecule has 0 N–H and O–H groups in total. The standard InChI is InChI=1S/C8H10N2O2/c11-5-9-7-1-2-8(4-3-7)10-6-12/h7-8H,1-4H2. The molecule has 0 aromatic rings. The van der Waals surface area contributed by atoms with Crippen molar-refractivity contribution >= 4 is 12.2 Å². The minimum atomic E-state index is 0.0978. The lowest BCUT2D eigenvalue weighted by atomic mass is 9.92. The fourth-order valence-electron chi connectivity index (χ4n) is 1.47. The van der Waals surface area contributed by atoms with Crippen LogP contribution in [0.5, 0.6) is 0 Å². The largest absolute Gasteiger partial charge is 0.235 e. The van der Waals surface area contributed by atoms with Gasteiger partial charge in [-0.05, 0) is 25.7 Å². The highest BCUT2D eigenvalue weighted by molar-refractivity contribution is 5.34. The molecular formula is C8H10N2O2. The summed E-state index contributed by atoms with van der Waals surface area (Å²) in [5, 5.41) is 0. The maximum absolute atomic E-state index is 9.90. The third-order valence-electron chi connectivity index (χ3n) is 2.14. The second-order valence-corrected chi connectivity index (χ2v) is 2.90. The summed E-state index contributed by atoms with van der Waals surface area (Å²) in [6.07, 6.45) is 6.40. The summed E-state index contributed by atoms with van der Waals surface area (Å²) >= 11 is 0. The lowest BCUT2D eigenvalue weighted by molar-refractivity contribution is 0.394. The van der Waals surface area contributed by atoms with E-state index in [2.05, 4.69) is 9.98 Å². The van der Waals surface area contributed by atoms with Crippen LogP contribution in [0.1, 0.15) is 25.7 Å². The van der Waals surface area contributed by atoms with E-state index in [-0.39, 0.29) is 12.1 Å². The van der Waals surface area contributed by atoms with Gasteiger partial charge in [-0.25, -0.2) is 19.6 Å². The highest BCUT2D eigenvalue weighted by atomic mass is 16.1. The van der Waals surface area contributed by atoms with E-state index in [4.69, 9.17) is 0 Å². The molecule has 0 aromatic carbocycles. The highest BCUT2D eigenvalue weighted by Crippen LogP contribution is 2.22. The Kier molecular flexibility index (Phi) is 3.39. The molecule has 0 aliphatic heterocycles. The molecule has 1 fully saturated rings. The van der Waals surface area contributed by atoms with Crippen LogP contribution in [0.15, 0.2) is 9.98 Å². The topological polar surface area (TPSA) is 58.9 Å². The lowest BCUT2D eigenvalue weighted by Gasteiger charge is -2.20. The SMILES string of the molecule is O=C=NC1CCC(N=C=O)CC1. The van der Waals surface area contributed by atoms with Crippen molar-refractivity contribution in [3.63, 3.8) is 0 Å². The van der Waals surface area contributed by atoms with Crippen LogP contribution in [0.25, 0.3) is 0 Å². The Morgan fingerprint density at radius 3 is 1.42 bits per heavy atom. The van der Waals surface area contributed by atoms with Crippen LogP contribution in [0.4, 0.5) is 0 Å². The van der Waals surface area contributed by atoms with Gasteiger partial charge in [-0.1, -0.05) is 0 Å². The minimum Gasteiger partial charge on any atom is -0.211 e. The van der Waals surface area contributed by atoms with E-state index in [0.29, 0.717) is 0 Å². The molecule has 64 valence electrons. The molecule has 0 aromatic heterocycles. The molecule has 0 atom stereocenters. The number of hydrogen-bond donors (Lipinski definition) is 0. The fourth-order valence-corrected chi connectivity index (χ4v) is 1.47. The van der Waals surface area contributed by atoms with Crippen molar-refractivity contribution < 1.29 is 9.59 Å². The molecule has 1 aliphatic rings. The van der Waals surface area contributed by atoms with E-state index in [1.807, 2.05) is 0 Å². The predicted octanol–water partition coefficient (Wildman–Crippen LogP) is 0.969. The van der Waals surface area contributed by atoms with E-state index in [1.54, 1.807) is 12.2 Å². The van der Waals surface area contributed by atoms with Crippen LogP contribution >= 0.6 is 0 Å². The zero-order valence-electron chi connectivity index (χ0n) is 6.69. The molecule has 1 rings (SSSR count). The van der Waals surface area contributed by atoms with Crippen molar-refractivity contribution in [2.75, 3.05) is 0 Å². The molecule has 0 heterocycles. The molecule has 0 spiro atoms. The Labute approximate surface area is 70.4 Å². The molecule has 4 heteroatoms. The van der Waals surface area contributed by atoms with E-state index < -0.39 is 0 Å². The second kappa shape index (κ2) is 4.60. The first-order chi connectivity index (χ1) is 5.86. The molecule has 0 amide bonds. The third kappa shape index (κ3) is 2.42. The van der Waals surface area contributed by atoms with Crippen LogP contribution in [-0.2, 0) is 9.59 Å². The first kappa shape index (κ1) is 8.85. The van der Waals surface area contributed by atoms with Gasteiger partial charge in [-0.15, -0.1) is 0 Å². The number of isocyanates is 2. The molecule has 0 saturated heterocycles. The van der Waals surface area contributed by atoms with Crippen molar-refractivity contribution in [3.05, 3.63) is 0 Å². The molecule has 0 radical (unpaired) electrons. The van der Waals surface area contributed by atoms with E-state index in [0.717, 1.165) is 25.7 Å². The molecule has 4 nitrogen and oxygen atoms in total. The molecule has 12 heavy (non-hydrogen) atoms. The first-order valence-electron chi connectivity index (χ1n) is 4.00. The predicted molar refractivity (Wildman–Crippen MR) is 42.3 cm³/mol. The Morgan fingerprint density at radius 1 is 0.833 bits per heavy atom. The normalized spacial score (nSPS) is 28.3. The number of carbonyl (C=O) groups excluding carboxylic acids is 2. The summed E-state index contributed by atoms with van der Waals surface area (Å²) in [5.41, 5.74) is 0. The van der Waals surface area contributed by atoms with Crippen LogP contribution < -0.4 is 0 Å². The number of rotatable bonds is 2. The summed E-state index contributed by atoms with van der Waals surface area (Å²) in [7, 11) is 0. The summed E-state index contributed by atoms with van der Waals surface area (Å²) in [5.74, 6) is 0. The smallest absolute Gasteiger partial charge is 0.211 e. The quantitative estimate of drug-likeness (QED) is 0.453. The van der Waals surface area contributed by atoms with E-state index >= 15 is 0 Å². The maximum Gasteiger partial charge on any atom is 0.235 e. The molecule has 0 bridgehead atoms. The minimum absolute atomic E-state index is 0.0978. The molecule has 1 aliphatic carbocycles. The summed E-state index contributed by atoms with van der Waals surface area (Å²) in [4.78, 5) is 27.1. The average molecular weight is 166 g/mol. The third-order valence-corrected chi connectivity index (χ3v) is 2.14. The van der Waals surface area contributed by atoms with Gasteiger partial charge in [0, 0.05) is 0 Å². The van der Waals surface area contributed by atoms with Gasteiger partial charge < -0.3 is 0 Å². The fraction of sp³-hybridized carbons (Fsp3) is 0.750. The summed E-state index contributed by atoms with van der Waals surface area (Å²) < 4.78 is 0. The molecular weight excluding hydrogens is 156 g/mol. The summed E-state index contributed by atoms with van der Waals surface area (Å²) in [6.45, 7) is 0. The van der Waals surface area contributed by atoms with E-state index in [9.17, 15) is 9.59 Å². The van der Waals surface area contributed by atoms with Crippen molar-refractivity contribution in [2.45, 2.75) is 37.8 Å². The van der Waals surface area contributed by atoms with Gasteiger partial charge in [0.15, 0.2) is 0 Å². The zero-order chi connectivity index (χ0) is 8.81. The maximum atomic E-state index is 9.90. The Balaban J connectivity index is 2.38. The van der Waals surface area contributed by atoms with Crippen LogP contribution in [-0.4, -0.2) is 24.2 Å². The average Bonchev–Trinajstić information content (AvgIpc) is 2.09. The van der Waals surface area contributed by atoms with Gasteiger partial charge >= 0.3 is 0 Å². The molecule has 1 saturated carbocycles. The van der Waals surface area contributed by atoms with Crippen molar-refractivity contribution in [2.24, 2.45) is 9.98 Å². The number of hydrogen-bond acceptors (Lipinski definition) is 4. The van der Waals surface area contributed by atoms with Gasteiger partial charge in [0.05, 0.1) is 12.1 Å². The lowest BCUT2D eigenvalue weighted by Crippen LogP contribution is -2.19. The van der Waals surface area contributed by atoms with Gasteiger partial charge in [0.25, 0.3) is 0 Å². The zero-order valence-corrected chi connectivity index (χ0v) is 6.69. The van der Waals surface area contributed by atoms with Gasteiger partial charge in [-0.2, -0.15) is 0 Å². The number of aliphatic imine (C=N–C) groups is 2. The monoisotopic (exact) mass is 166 g/mol. The Bertz CT molecular complexity index is 205. The van der Waals surface area contributed by atoms with E-state index in [1.165, 1.54) is 0 Å². The number of nitrogens with zero attached hydrogens (tertiary/aromatic N) is 2. The Morgan fingerprint density at radius 2 is 1.17 bits per heavy atom. The van der Waals surface area contributed by atoms with Crippen molar-refractivity contribution in [3.8, 4) is 0 Å². The molecule has 0 unspecified atom stereocenters. The summed E-state index contributed by atoms with van der Waals surface area (Å²) in [6, 6.07) is 0.196. The Hall–Kier alpha value is -1.24. The second-order valence-electron chi connectivity index (χ2n) is 2.90. The highest BCUT2D eigenvalue weighted by Gasteiger charge is 2.19. The van der Waals surface area contributed by atoms with Gasteiger partial charge in [-0.3, -0.25) is 0 Å². The van der Waals surface area contributed by atoms with Crippen LogP contribution in [0, 0.1) is 0 Å². The van der Waals surface area contributed by atoms with Crippen molar-refractivity contribution in [1.29, 1.82) is 0 Å². The van der Waals surface area contributed by atoms with Crippen molar-refractivity contribution in [1.82, 2.24) is 0 Å².